The van der Waals surface area contributed by atoms with Crippen molar-refractivity contribution in [1.29, 1.82) is 0 Å². The van der Waals surface area contributed by atoms with Crippen LogP contribution in [-0.2, 0) is 34.7 Å². The number of benzene rings is 2. The maximum absolute atomic E-state index is 13.9. The zero-order valence-corrected chi connectivity index (χ0v) is 31.0. The van der Waals surface area contributed by atoms with E-state index in [2.05, 4.69) is 10.6 Å². The minimum Gasteiger partial charge on any atom is -0.466 e. The van der Waals surface area contributed by atoms with E-state index in [0.717, 1.165) is 25.3 Å². The number of nitrogens with one attached hydrogen (secondary N) is 2. The third-order valence-electron chi connectivity index (χ3n) is 9.51. The quantitative estimate of drug-likeness (QED) is 0.257. The number of esters is 2. The van der Waals surface area contributed by atoms with Gasteiger partial charge in [-0.05, 0) is 62.4 Å². The van der Waals surface area contributed by atoms with Gasteiger partial charge < -0.3 is 25.0 Å². The molecule has 1 amide bonds. The summed E-state index contributed by atoms with van der Waals surface area (Å²) in [5, 5.41) is 7.31. The number of carbonyl (C=O) groups excluding carboxylic acids is 3. The molecular formula is C36H44Cl3N3O6S. The van der Waals surface area contributed by atoms with E-state index in [9.17, 15) is 18.6 Å². The van der Waals surface area contributed by atoms with Gasteiger partial charge in [0.05, 0.1) is 54.3 Å². The third-order valence-corrected chi connectivity index (χ3v) is 11.5. The van der Waals surface area contributed by atoms with E-state index in [1.54, 1.807) is 47.4 Å². The lowest BCUT2D eigenvalue weighted by Crippen LogP contribution is -2.46. The standard InChI is InChI=1S/C36H43Cl2N3O6S.ClH/c1-46-35(43)32-28(20-30(42)41-18-16-24(17-19-41)39-21-23-10-5-3-6-11-23)40-29(22-48(45)25-12-7-4-8-13-25)33(36(44)47-2)34(32)31-26(37)14-9-15-27(31)38;/h4,7-9,12-15,23-24,34,39-40H,3,5-6,10-11,16-22H2,1-2H3;1H. The molecule has 2 aromatic rings. The molecule has 2 N–H and O–H groups in total. The van der Waals surface area contributed by atoms with Crippen molar-refractivity contribution in [3.63, 3.8) is 0 Å². The van der Waals surface area contributed by atoms with Crippen LogP contribution in [0.2, 0.25) is 10.0 Å². The molecule has 0 bridgehead atoms. The predicted molar refractivity (Wildman–Crippen MR) is 194 cm³/mol. The number of hydrogen-bond donors (Lipinski definition) is 2. The molecule has 2 aromatic carbocycles. The first-order chi connectivity index (χ1) is 23.2. The number of likely N-dealkylation sites (tertiary alicyclic amines) is 1. The highest BCUT2D eigenvalue weighted by Crippen LogP contribution is 2.45. The third kappa shape index (κ3) is 9.47. The van der Waals surface area contributed by atoms with Crippen LogP contribution in [0.4, 0.5) is 0 Å². The maximum atomic E-state index is 13.9. The number of nitrogens with zero attached hydrogens (tertiary/aromatic N) is 1. The molecule has 266 valence electrons. The van der Waals surface area contributed by atoms with E-state index in [0.29, 0.717) is 24.0 Å². The molecule has 2 aliphatic heterocycles. The molecule has 2 fully saturated rings. The summed E-state index contributed by atoms with van der Waals surface area (Å²) < 4.78 is 24.1. The molecule has 1 aliphatic carbocycles. The Labute approximate surface area is 307 Å². The zero-order chi connectivity index (χ0) is 34.2. The molecule has 13 heteroatoms. The summed E-state index contributed by atoms with van der Waals surface area (Å²) >= 11 is 13.4. The molecule has 9 nitrogen and oxygen atoms in total. The molecule has 2 atom stereocenters. The van der Waals surface area contributed by atoms with Crippen molar-refractivity contribution in [3.05, 3.63) is 86.7 Å². The van der Waals surface area contributed by atoms with Crippen molar-refractivity contribution in [2.45, 2.75) is 68.2 Å². The Kier molecular flexibility index (Phi) is 14.6. The SMILES string of the molecule is COC(=O)C1=C(CC(=O)N2CCC(NCC3CCCCC3)CC2)NC(CS(=O)c2ccccc2)=C(C(=O)OC)C1c1c(Cl)cccc1Cl.Cl. The summed E-state index contributed by atoms with van der Waals surface area (Å²) in [6.45, 7) is 2.18. The number of rotatable bonds is 11. The number of ether oxygens (including phenoxy) is 2. The molecule has 2 unspecified atom stereocenters. The van der Waals surface area contributed by atoms with Gasteiger partial charge in [-0.15, -0.1) is 12.4 Å². The van der Waals surface area contributed by atoms with Crippen molar-refractivity contribution in [2.24, 2.45) is 5.92 Å². The van der Waals surface area contributed by atoms with Gasteiger partial charge in [-0.1, -0.05) is 66.7 Å². The number of hydrogen-bond acceptors (Lipinski definition) is 8. The van der Waals surface area contributed by atoms with Gasteiger partial charge in [0, 0.05) is 51.0 Å². The number of dihydropyridines is 1. The van der Waals surface area contributed by atoms with Gasteiger partial charge in [-0.25, -0.2) is 9.59 Å². The number of carbonyl (C=O) groups is 3. The first kappa shape index (κ1) is 38.9. The highest BCUT2D eigenvalue weighted by atomic mass is 35.5. The molecule has 5 rings (SSSR count). The minimum atomic E-state index is -1.60. The Balaban J connectivity index is 0.00000541. The van der Waals surface area contributed by atoms with Crippen LogP contribution >= 0.6 is 35.6 Å². The van der Waals surface area contributed by atoms with Crippen LogP contribution < -0.4 is 10.6 Å². The minimum absolute atomic E-state index is 0. The summed E-state index contributed by atoms with van der Waals surface area (Å²) in [6.07, 6.45) is 7.99. The van der Waals surface area contributed by atoms with Crippen LogP contribution in [0.25, 0.3) is 0 Å². The Morgan fingerprint density at radius 1 is 0.857 bits per heavy atom. The molecule has 1 saturated heterocycles. The van der Waals surface area contributed by atoms with Crippen molar-refractivity contribution in [2.75, 3.05) is 39.6 Å². The van der Waals surface area contributed by atoms with Gasteiger partial charge >= 0.3 is 11.9 Å². The first-order valence-corrected chi connectivity index (χ1v) is 18.6. The monoisotopic (exact) mass is 751 g/mol. The van der Waals surface area contributed by atoms with Crippen LogP contribution in [0.5, 0.6) is 0 Å². The second kappa shape index (κ2) is 18.4. The highest BCUT2D eigenvalue weighted by molar-refractivity contribution is 7.85. The van der Waals surface area contributed by atoms with Crippen LogP contribution in [0, 0.1) is 5.92 Å². The summed E-state index contributed by atoms with van der Waals surface area (Å²) in [5.41, 5.74) is 0.780. The van der Waals surface area contributed by atoms with Gasteiger partial charge in [-0.3, -0.25) is 9.00 Å². The summed E-state index contributed by atoms with van der Waals surface area (Å²) in [7, 11) is 0.850. The normalized spacial score (nSPS) is 19.5. The van der Waals surface area contributed by atoms with E-state index in [4.69, 9.17) is 32.7 Å². The van der Waals surface area contributed by atoms with Gasteiger partial charge in [0.15, 0.2) is 0 Å². The van der Waals surface area contributed by atoms with Crippen molar-refractivity contribution >= 4 is 64.3 Å². The van der Waals surface area contributed by atoms with E-state index in [-0.39, 0.29) is 68.6 Å². The second-order valence-electron chi connectivity index (χ2n) is 12.5. The highest BCUT2D eigenvalue weighted by Gasteiger charge is 2.42. The molecule has 2 heterocycles. The van der Waals surface area contributed by atoms with Crippen LogP contribution in [-0.4, -0.2) is 72.6 Å². The topological polar surface area (TPSA) is 114 Å². The Hall–Kier alpha value is -2.89. The fourth-order valence-corrected chi connectivity index (χ4v) is 8.68. The molecule has 0 aromatic heterocycles. The van der Waals surface area contributed by atoms with Gasteiger partial charge in [0.2, 0.25) is 5.91 Å². The molecule has 1 saturated carbocycles. The number of methoxy groups -OCH3 is 2. The molecule has 0 radical (unpaired) electrons. The Morgan fingerprint density at radius 3 is 2.04 bits per heavy atom. The largest absolute Gasteiger partial charge is 0.466 e. The average molecular weight is 753 g/mol. The lowest BCUT2D eigenvalue weighted by atomic mass is 9.79. The van der Waals surface area contributed by atoms with E-state index < -0.39 is 28.7 Å². The fourth-order valence-electron chi connectivity index (χ4n) is 6.95. The molecule has 0 spiro atoms. The number of piperidine rings is 1. The second-order valence-corrected chi connectivity index (χ2v) is 14.8. The van der Waals surface area contributed by atoms with Gasteiger partial charge in [0.25, 0.3) is 0 Å². The molecular weight excluding hydrogens is 709 g/mol. The fraction of sp³-hybridized carbons (Fsp3) is 0.472. The van der Waals surface area contributed by atoms with Gasteiger partial charge in [-0.2, -0.15) is 0 Å². The molecule has 3 aliphatic rings. The number of halogens is 3. The van der Waals surface area contributed by atoms with Crippen LogP contribution in [0.1, 0.15) is 62.8 Å². The Morgan fingerprint density at radius 2 is 1.45 bits per heavy atom. The van der Waals surface area contributed by atoms with Gasteiger partial charge in [0.1, 0.15) is 0 Å². The van der Waals surface area contributed by atoms with Crippen LogP contribution in [0.15, 0.2) is 76.0 Å². The lowest BCUT2D eigenvalue weighted by molar-refractivity contribution is -0.137. The van der Waals surface area contributed by atoms with Crippen LogP contribution in [0.3, 0.4) is 0 Å². The predicted octanol–water partition coefficient (Wildman–Crippen LogP) is 6.32. The maximum Gasteiger partial charge on any atom is 0.336 e. The summed E-state index contributed by atoms with van der Waals surface area (Å²) in [6, 6.07) is 14.0. The Bertz CT molecular complexity index is 1570. The summed E-state index contributed by atoms with van der Waals surface area (Å²) in [4.78, 5) is 43.4. The van der Waals surface area contributed by atoms with E-state index in [1.807, 2.05) is 6.07 Å². The average Bonchev–Trinajstić information content (AvgIpc) is 3.11. The lowest BCUT2D eigenvalue weighted by Gasteiger charge is -2.36. The molecule has 49 heavy (non-hydrogen) atoms. The zero-order valence-electron chi connectivity index (χ0n) is 27.8. The number of amides is 1. The summed E-state index contributed by atoms with van der Waals surface area (Å²) in [5.74, 6) is -2.27. The van der Waals surface area contributed by atoms with E-state index >= 15 is 0 Å². The van der Waals surface area contributed by atoms with Crippen molar-refractivity contribution in [1.82, 2.24) is 15.5 Å². The van der Waals surface area contributed by atoms with Crippen molar-refractivity contribution < 1.29 is 28.1 Å². The van der Waals surface area contributed by atoms with E-state index in [1.165, 1.54) is 46.3 Å². The van der Waals surface area contributed by atoms with Crippen molar-refractivity contribution in [3.8, 4) is 0 Å². The smallest absolute Gasteiger partial charge is 0.336 e. The first-order valence-electron chi connectivity index (χ1n) is 16.5.